The van der Waals surface area contributed by atoms with Crippen LogP contribution >= 0.6 is 0 Å². The van der Waals surface area contributed by atoms with Gasteiger partial charge in [0.05, 0.1) is 23.5 Å². The molecule has 0 radical (unpaired) electrons. The first kappa shape index (κ1) is 19.5. The van der Waals surface area contributed by atoms with Crippen molar-refractivity contribution in [2.24, 2.45) is 11.7 Å². The van der Waals surface area contributed by atoms with Crippen LogP contribution in [0.25, 0.3) is 0 Å². The number of benzene rings is 1. The summed E-state index contributed by atoms with van der Waals surface area (Å²) in [5.41, 5.74) is 5.89. The lowest BCUT2D eigenvalue weighted by atomic mass is 9.89. The van der Waals surface area contributed by atoms with E-state index in [0.717, 1.165) is 6.42 Å². The van der Waals surface area contributed by atoms with E-state index in [1.165, 1.54) is 29.4 Å². The Kier molecular flexibility index (Phi) is 5.67. The number of hydrogen-bond acceptors (Lipinski definition) is 4. The van der Waals surface area contributed by atoms with Gasteiger partial charge in [0.2, 0.25) is 5.91 Å². The molecular formula is C20H21FN4O3. The summed E-state index contributed by atoms with van der Waals surface area (Å²) in [5.74, 6) is -2.54. The van der Waals surface area contributed by atoms with Gasteiger partial charge in [-0.15, -0.1) is 0 Å². The molecule has 1 fully saturated rings. The number of piperidine rings is 1. The summed E-state index contributed by atoms with van der Waals surface area (Å²) >= 11 is 0. The molecule has 1 aromatic heterocycles. The van der Waals surface area contributed by atoms with Crippen LogP contribution in [0.4, 0.5) is 10.1 Å². The Morgan fingerprint density at radius 2 is 1.96 bits per heavy atom. The van der Waals surface area contributed by atoms with Crippen LogP contribution < -0.4 is 11.1 Å². The van der Waals surface area contributed by atoms with Crippen LogP contribution in [0.2, 0.25) is 0 Å². The van der Waals surface area contributed by atoms with Gasteiger partial charge in [-0.3, -0.25) is 19.4 Å². The maximum absolute atomic E-state index is 14.3. The Morgan fingerprint density at radius 1 is 1.21 bits per heavy atom. The van der Waals surface area contributed by atoms with E-state index in [1.54, 1.807) is 18.2 Å². The normalized spacial score (nSPS) is 19.1. The van der Waals surface area contributed by atoms with Crippen molar-refractivity contribution in [3.05, 3.63) is 59.7 Å². The fraction of sp³-hybridized carbons (Fsp3) is 0.300. The van der Waals surface area contributed by atoms with E-state index in [2.05, 4.69) is 10.3 Å². The number of pyridine rings is 1. The van der Waals surface area contributed by atoms with E-state index in [1.807, 2.05) is 6.92 Å². The summed E-state index contributed by atoms with van der Waals surface area (Å²) in [6.45, 7) is 2.33. The predicted molar refractivity (Wildman–Crippen MR) is 101 cm³/mol. The van der Waals surface area contributed by atoms with Crippen molar-refractivity contribution >= 4 is 23.4 Å². The summed E-state index contributed by atoms with van der Waals surface area (Å²) in [5, 5.41) is 2.44. The Labute approximate surface area is 161 Å². The van der Waals surface area contributed by atoms with Gasteiger partial charge < -0.3 is 16.0 Å². The van der Waals surface area contributed by atoms with Gasteiger partial charge in [0.15, 0.2) is 0 Å². The minimum atomic E-state index is -0.876. The maximum atomic E-state index is 14.3. The average molecular weight is 384 g/mol. The van der Waals surface area contributed by atoms with E-state index in [0.29, 0.717) is 18.5 Å². The third kappa shape index (κ3) is 4.16. The number of nitrogens with one attached hydrogen (secondary N) is 1. The van der Waals surface area contributed by atoms with Gasteiger partial charge >= 0.3 is 11.8 Å². The number of anilines is 1. The zero-order valence-electron chi connectivity index (χ0n) is 15.4. The lowest BCUT2D eigenvalue weighted by Gasteiger charge is -2.38. The molecule has 3 N–H and O–H groups in total. The number of rotatable bonds is 3. The first-order valence-electron chi connectivity index (χ1n) is 8.98. The molecule has 2 atom stereocenters. The van der Waals surface area contributed by atoms with Gasteiger partial charge in [-0.25, -0.2) is 4.39 Å². The van der Waals surface area contributed by atoms with Crippen LogP contribution in [0.1, 0.15) is 41.7 Å². The molecule has 0 saturated carbocycles. The number of halogens is 1. The zero-order valence-corrected chi connectivity index (χ0v) is 15.4. The van der Waals surface area contributed by atoms with Gasteiger partial charge in [-0.05, 0) is 30.9 Å². The molecule has 0 bridgehead atoms. The summed E-state index contributed by atoms with van der Waals surface area (Å²) in [6.07, 6.45) is 3.97. The van der Waals surface area contributed by atoms with E-state index in [-0.39, 0.29) is 17.2 Å². The fourth-order valence-corrected chi connectivity index (χ4v) is 3.40. The summed E-state index contributed by atoms with van der Waals surface area (Å²) in [7, 11) is 0. The maximum Gasteiger partial charge on any atom is 0.313 e. The van der Waals surface area contributed by atoms with E-state index < -0.39 is 29.6 Å². The average Bonchev–Trinajstić information content (AvgIpc) is 2.68. The molecule has 1 aromatic carbocycles. The summed E-state index contributed by atoms with van der Waals surface area (Å²) in [4.78, 5) is 41.8. The second-order valence-corrected chi connectivity index (χ2v) is 6.96. The summed E-state index contributed by atoms with van der Waals surface area (Å²) in [6, 6.07) is 7.10. The fourth-order valence-electron chi connectivity index (χ4n) is 3.40. The molecule has 2 aromatic rings. The SMILES string of the molecule is C[C@H]1CC[C@H](c2ccccc2F)N(C(=O)C(=O)Nc2cncc(C(N)=O)c2)C1. The molecule has 28 heavy (non-hydrogen) atoms. The third-order valence-corrected chi connectivity index (χ3v) is 4.82. The first-order chi connectivity index (χ1) is 13.4. The number of carbonyl (C=O) groups is 3. The van der Waals surface area contributed by atoms with Crippen molar-refractivity contribution in [2.45, 2.75) is 25.8 Å². The van der Waals surface area contributed by atoms with Crippen LogP contribution in [0, 0.1) is 11.7 Å². The second kappa shape index (κ2) is 8.16. The molecule has 1 aliphatic heterocycles. The van der Waals surface area contributed by atoms with E-state index >= 15 is 0 Å². The molecule has 0 unspecified atom stereocenters. The van der Waals surface area contributed by atoms with Gasteiger partial charge in [0, 0.05) is 18.3 Å². The third-order valence-electron chi connectivity index (χ3n) is 4.82. The van der Waals surface area contributed by atoms with Gasteiger partial charge in [0.25, 0.3) is 0 Å². The molecule has 0 spiro atoms. The quantitative estimate of drug-likeness (QED) is 0.792. The standard InChI is InChI=1S/C20H21FN4O3/c1-12-6-7-17(15-4-2-3-5-16(15)21)25(11-12)20(28)19(27)24-14-8-13(18(22)26)9-23-10-14/h2-5,8-10,12,17H,6-7,11H2,1H3,(H2,22,26)(H,24,27)/t12-,17+/m0/s1. The van der Waals surface area contributed by atoms with Gasteiger partial charge in [-0.1, -0.05) is 25.1 Å². The Balaban J connectivity index is 1.81. The molecule has 1 saturated heterocycles. The Morgan fingerprint density at radius 3 is 2.68 bits per heavy atom. The van der Waals surface area contributed by atoms with Crippen molar-refractivity contribution in [2.75, 3.05) is 11.9 Å². The van der Waals surface area contributed by atoms with Crippen LogP contribution in [-0.4, -0.2) is 34.2 Å². The number of hydrogen-bond donors (Lipinski definition) is 2. The van der Waals surface area contributed by atoms with Crippen molar-refractivity contribution < 1.29 is 18.8 Å². The molecule has 7 nitrogen and oxygen atoms in total. The first-order valence-corrected chi connectivity index (χ1v) is 8.98. The number of aromatic nitrogens is 1. The van der Waals surface area contributed by atoms with Crippen LogP contribution in [0.5, 0.6) is 0 Å². The second-order valence-electron chi connectivity index (χ2n) is 6.96. The molecule has 8 heteroatoms. The number of nitrogens with two attached hydrogens (primary N) is 1. The van der Waals surface area contributed by atoms with Crippen molar-refractivity contribution in [3.8, 4) is 0 Å². The number of likely N-dealkylation sites (tertiary alicyclic amines) is 1. The molecule has 2 heterocycles. The lowest BCUT2D eigenvalue weighted by molar-refractivity contribution is -0.146. The highest BCUT2D eigenvalue weighted by Crippen LogP contribution is 2.34. The molecule has 0 aliphatic carbocycles. The number of primary amides is 1. The number of carbonyl (C=O) groups excluding carboxylic acids is 3. The largest absolute Gasteiger partial charge is 0.366 e. The minimum Gasteiger partial charge on any atom is -0.366 e. The molecule has 1 aliphatic rings. The molecular weight excluding hydrogens is 363 g/mol. The monoisotopic (exact) mass is 384 g/mol. The smallest absolute Gasteiger partial charge is 0.313 e. The number of amides is 3. The van der Waals surface area contributed by atoms with Crippen LogP contribution in [0.3, 0.4) is 0 Å². The van der Waals surface area contributed by atoms with E-state index in [9.17, 15) is 18.8 Å². The van der Waals surface area contributed by atoms with Crippen LogP contribution in [-0.2, 0) is 9.59 Å². The van der Waals surface area contributed by atoms with Gasteiger partial charge in [-0.2, -0.15) is 0 Å². The highest BCUT2D eigenvalue weighted by Gasteiger charge is 2.35. The van der Waals surface area contributed by atoms with Crippen molar-refractivity contribution in [3.63, 3.8) is 0 Å². The summed E-state index contributed by atoms with van der Waals surface area (Å²) < 4.78 is 14.3. The highest BCUT2D eigenvalue weighted by molar-refractivity contribution is 6.39. The zero-order chi connectivity index (χ0) is 20.3. The molecule has 3 rings (SSSR count). The highest BCUT2D eigenvalue weighted by atomic mass is 19.1. The van der Waals surface area contributed by atoms with Crippen molar-refractivity contribution in [1.82, 2.24) is 9.88 Å². The Bertz CT molecular complexity index is 918. The van der Waals surface area contributed by atoms with Crippen LogP contribution in [0.15, 0.2) is 42.7 Å². The topological polar surface area (TPSA) is 105 Å². The predicted octanol–water partition coefficient (Wildman–Crippen LogP) is 2.26. The lowest BCUT2D eigenvalue weighted by Crippen LogP contribution is -2.46. The molecule has 3 amide bonds. The van der Waals surface area contributed by atoms with Crippen molar-refractivity contribution in [1.29, 1.82) is 0 Å². The number of nitrogens with zero attached hydrogens (tertiary/aromatic N) is 2. The molecule has 146 valence electrons. The minimum absolute atomic E-state index is 0.112. The van der Waals surface area contributed by atoms with Gasteiger partial charge in [0.1, 0.15) is 5.82 Å². The van der Waals surface area contributed by atoms with E-state index in [4.69, 9.17) is 5.73 Å². The Hall–Kier alpha value is -3.29.